The van der Waals surface area contributed by atoms with Crippen LogP contribution < -0.4 is 13.7 Å². The monoisotopic (exact) mass is 424 g/mol. The summed E-state index contributed by atoms with van der Waals surface area (Å²) in [6.07, 6.45) is 2.51. The van der Waals surface area contributed by atoms with Gasteiger partial charge in [-0.3, -0.25) is 4.79 Å². The quantitative estimate of drug-likeness (QED) is 0.552. The van der Waals surface area contributed by atoms with Crippen molar-refractivity contribution >= 4 is 37.9 Å². The number of hydrogen-bond acceptors (Lipinski definition) is 6. The van der Waals surface area contributed by atoms with Crippen molar-refractivity contribution in [3.63, 3.8) is 0 Å². The van der Waals surface area contributed by atoms with Crippen LogP contribution in [0.25, 0.3) is 6.08 Å². The Labute approximate surface area is 153 Å². The van der Waals surface area contributed by atoms with E-state index in [2.05, 4.69) is 15.9 Å². The Morgan fingerprint density at radius 2 is 1.92 bits per heavy atom. The number of rotatable bonds is 4. The van der Waals surface area contributed by atoms with Crippen LogP contribution in [-0.4, -0.2) is 27.6 Å². The predicted molar refractivity (Wildman–Crippen MR) is 95.5 cm³/mol. The van der Waals surface area contributed by atoms with Gasteiger partial charge in [0.2, 0.25) is 5.78 Å². The van der Waals surface area contributed by atoms with Crippen LogP contribution >= 0.6 is 15.9 Å². The van der Waals surface area contributed by atoms with E-state index in [9.17, 15) is 13.2 Å². The molecule has 0 atom stereocenters. The van der Waals surface area contributed by atoms with Crippen molar-refractivity contribution in [1.82, 2.24) is 0 Å². The summed E-state index contributed by atoms with van der Waals surface area (Å²) in [6.45, 7) is 0. The smallest absolute Gasteiger partial charge is 0.306 e. The first-order valence-corrected chi connectivity index (χ1v) is 9.69. The molecule has 1 aliphatic rings. The molecular weight excluding hydrogens is 412 g/mol. The number of allylic oxidation sites excluding steroid dienone is 1. The molecule has 0 saturated carbocycles. The molecular formula is C17H13BrO6S. The van der Waals surface area contributed by atoms with Crippen molar-refractivity contribution < 1.29 is 26.9 Å². The van der Waals surface area contributed by atoms with Crippen LogP contribution in [0.2, 0.25) is 0 Å². The normalized spacial score (nSPS) is 15.0. The number of benzene rings is 2. The summed E-state index contributed by atoms with van der Waals surface area (Å²) in [5.41, 5.74) is 1.00. The van der Waals surface area contributed by atoms with E-state index < -0.39 is 10.1 Å². The fourth-order valence-electron chi connectivity index (χ4n) is 2.35. The minimum absolute atomic E-state index is 0.0790. The highest BCUT2D eigenvalue weighted by Crippen LogP contribution is 2.36. The van der Waals surface area contributed by atoms with Gasteiger partial charge in [-0.25, -0.2) is 0 Å². The molecule has 0 unspecified atom stereocenters. The molecule has 0 spiro atoms. The molecule has 130 valence electrons. The fraction of sp³-hybridized carbons (Fsp3) is 0.118. The molecule has 6 nitrogen and oxygen atoms in total. The summed E-state index contributed by atoms with van der Waals surface area (Å²) in [5, 5.41) is 0. The van der Waals surface area contributed by atoms with Crippen molar-refractivity contribution in [2.24, 2.45) is 0 Å². The van der Waals surface area contributed by atoms with E-state index in [-0.39, 0.29) is 23.0 Å². The maximum Gasteiger partial charge on any atom is 0.306 e. The lowest BCUT2D eigenvalue weighted by atomic mass is 10.1. The van der Waals surface area contributed by atoms with Gasteiger partial charge in [-0.15, -0.1) is 0 Å². The van der Waals surface area contributed by atoms with Gasteiger partial charge in [0.15, 0.2) is 5.76 Å². The lowest BCUT2D eigenvalue weighted by Crippen LogP contribution is -2.05. The summed E-state index contributed by atoms with van der Waals surface area (Å²) >= 11 is 3.37. The highest BCUT2D eigenvalue weighted by atomic mass is 79.9. The van der Waals surface area contributed by atoms with Gasteiger partial charge in [0.1, 0.15) is 17.2 Å². The molecule has 1 aliphatic heterocycles. The standard InChI is InChI=1S/C17H13BrO6S/c1-22-14-6-3-11(18)7-10(14)8-16-17(19)13-5-4-12(9-15(13)23-16)24-25(2,20)21/h3-9H,1-2H3. The molecule has 0 fully saturated rings. The number of carbonyl (C=O) groups excluding carboxylic acids is 1. The first kappa shape index (κ1) is 17.5. The number of Topliss-reactive ketones (excluding diaryl/α,β-unsaturated/α-hetero) is 1. The van der Waals surface area contributed by atoms with Crippen molar-refractivity contribution in [3.05, 3.63) is 57.8 Å². The van der Waals surface area contributed by atoms with Gasteiger partial charge in [0, 0.05) is 16.1 Å². The molecule has 0 amide bonds. The maximum absolute atomic E-state index is 12.5. The van der Waals surface area contributed by atoms with Crippen LogP contribution in [0.5, 0.6) is 17.2 Å². The molecule has 0 N–H and O–H groups in total. The van der Waals surface area contributed by atoms with Gasteiger partial charge in [-0.1, -0.05) is 15.9 Å². The average Bonchev–Trinajstić information content (AvgIpc) is 2.82. The fourth-order valence-corrected chi connectivity index (χ4v) is 3.19. The second-order valence-corrected chi connectivity index (χ2v) is 7.76. The number of hydrogen-bond donors (Lipinski definition) is 0. The number of methoxy groups -OCH3 is 1. The minimum atomic E-state index is -3.66. The minimum Gasteiger partial charge on any atom is -0.496 e. The highest BCUT2D eigenvalue weighted by Gasteiger charge is 2.28. The van der Waals surface area contributed by atoms with E-state index in [1.54, 1.807) is 18.2 Å². The van der Waals surface area contributed by atoms with E-state index in [1.807, 2.05) is 6.07 Å². The third-order valence-corrected chi connectivity index (χ3v) is 4.36. The van der Waals surface area contributed by atoms with Crippen LogP contribution in [-0.2, 0) is 10.1 Å². The molecule has 25 heavy (non-hydrogen) atoms. The first-order valence-electron chi connectivity index (χ1n) is 7.08. The Hall–Kier alpha value is -2.32. The zero-order chi connectivity index (χ0) is 18.2. The van der Waals surface area contributed by atoms with Gasteiger partial charge in [0.25, 0.3) is 0 Å². The molecule has 0 radical (unpaired) electrons. The summed E-state index contributed by atoms with van der Waals surface area (Å²) in [4.78, 5) is 12.5. The van der Waals surface area contributed by atoms with Crippen molar-refractivity contribution in [1.29, 1.82) is 0 Å². The number of ketones is 1. The van der Waals surface area contributed by atoms with Gasteiger partial charge < -0.3 is 13.7 Å². The Balaban J connectivity index is 1.96. The second-order valence-electron chi connectivity index (χ2n) is 5.27. The Kier molecular flexibility index (Phi) is 4.57. The summed E-state index contributed by atoms with van der Waals surface area (Å²) in [6, 6.07) is 9.63. The topological polar surface area (TPSA) is 78.9 Å². The largest absolute Gasteiger partial charge is 0.496 e. The van der Waals surface area contributed by atoms with Crippen molar-refractivity contribution in [2.75, 3.05) is 13.4 Å². The molecule has 0 bridgehead atoms. The lowest BCUT2D eigenvalue weighted by molar-refractivity contribution is 0.101. The molecule has 0 saturated heterocycles. The molecule has 2 aromatic rings. The summed E-state index contributed by atoms with van der Waals surface area (Å²) < 4.78 is 38.9. The van der Waals surface area contributed by atoms with Crippen LogP contribution in [0, 0.1) is 0 Å². The van der Waals surface area contributed by atoms with E-state index in [0.717, 1.165) is 10.7 Å². The van der Waals surface area contributed by atoms with Crippen LogP contribution in [0.1, 0.15) is 15.9 Å². The third kappa shape index (κ3) is 3.85. The third-order valence-electron chi connectivity index (χ3n) is 3.37. The van der Waals surface area contributed by atoms with Gasteiger partial charge >= 0.3 is 10.1 Å². The zero-order valence-corrected chi connectivity index (χ0v) is 15.7. The maximum atomic E-state index is 12.5. The van der Waals surface area contributed by atoms with E-state index in [4.69, 9.17) is 13.7 Å². The number of fused-ring (bicyclic) bond motifs is 1. The van der Waals surface area contributed by atoms with Crippen molar-refractivity contribution in [2.45, 2.75) is 0 Å². The van der Waals surface area contributed by atoms with E-state index in [1.165, 1.54) is 25.3 Å². The first-order chi connectivity index (χ1) is 11.8. The molecule has 2 aromatic carbocycles. The Morgan fingerprint density at radius 1 is 1.16 bits per heavy atom. The summed E-state index contributed by atoms with van der Waals surface area (Å²) in [5.74, 6) is 0.719. The number of ether oxygens (including phenoxy) is 2. The zero-order valence-electron chi connectivity index (χ0n) is 13.3. The summed E-state index contributed by atoms with van der Waals surface area (Å²) in [7, 11) is -2.13. The lowest BCUT2D eigenvalue weighted by Gasteiger charge is -2.06. The van der Waals surface area contributed by atoms with E-state index in [0.29, 0.717) is 16.9 Å². The van der Waals surface area contributed by atoms with Crippen molar-refractivity contribution in [3.8, 4) is 17.2 Å². The Bertz CT molecular complexity index is 994. The van der Waals surface area contributed by atoms with Gasteiger partial charge in [0.05, 0.1) is 18.9 Å². The van der Waals surface area contributed by atoms with Crippen LogP contribution in [0.4, 0.5) is 0 Å². The van der Waals surface area contributed by atoms with Gasteiger partial charge in [-0.2, -0.15) is 8.42 Å². The van der Waals surface area contributed by atoms with Crippen LogP contribution in [0.3, 0.4) is 0 Å². The van der Waals surface area contributed by atoms with E-state index >= 15 is 0 Å². The van der Waals surface area contributed by atoms with Gasteiger partial charge in [-0.05, 0) is 36.4 Å². The molecule has 0 aliphatic carbocycles. The molecule has 0 aromatic heterocycles. The molecule has 3 rings (SSSR count). The average molecular weight is 425 g/mol. The number of carbonyl (C=O) groups is 1. The molecule has 8 heteroatoms. The predicted octanol–water partition coefficient (Wildman–Crippen LogP) is 3.41. The SMILES string of the molecule is COc1ccc(Br)cc1C=C1Oc2cc(OS(C)(=O)=O)ccc2C1=O. The number of halogens is 1. The molecule has 1 heterocycles. The highest BCUT2D eigenvalue weighted by molar-refractivity contribution is 9.10. The van der Waals surface area contributed by atoms with Crippen LogP contribution in [0.15, 0.2) is 46.6 Å². The Morgan fingerprint density at radius 3 is 2.60 bits per heavy atom. The second kappa shape index (κ2) is 6.53.